The van der Waals surface area contributed by atoms with Crippen molar-refractivity contribution in [2.24, 2.45) is 0 Å². The van der Waals surface area contributed by atoms with Crippen molar-refractivity contribution in [1.82, 2.24) is 5.32 Å². The molecule has 0 heterocycles. The Morgan fingerprint density at radius 2 is 2.00 bits per heavy atom. The summed E-state index contributed by atoms with van der Waals surface area (Å²) in [5.41, 5.74) is 0.333. The lowest BCUT2D eigenvalue weighted by molar-refractivity contribution is -0.142. The van der Waals surface area contributed by atoms with E-state index in [1.165, 1.54) is 7.11 Å². The average molecular weight is 242 g/mol. The summed E-state index contributed by atoms with van der Waals surface area (Å²) in [7, 11) is 1.26. The van der Waals surface area contributed by atoms with Gasteiger partial charge in [-0.1, -0.05) is 23.7 Å². The highest BCUT2D eigenvalue weighted by Gasteiger charge is 2.17. The number of halogens is 1. The molecule has 0 saturated heterocycles. The zero-order valence-electron chi connectivity index (χ0n) is 8.99. The Kier molecular flexibility index (Phi) is 4.31. The summed E-state index contributed by atoms with van der Waals surface area (Å²) in [5, 5.41) is 2.83. The van der Waals surface area contributed by atoms with Crippen LogP contribution in [0, 0.1) is 0 Å². The van der Waals surface area contributed by atoms with E-state index < -0.39 is 17.9 Å². The van der Waals surface area contributed by atoms with E-state index in [2.05, 4.69) is 10.1 Å². The molecule has 1 unspecified atom stereocenters. The fourth-order valence-corrected chi connectivity index (χ4v) is 1.38. The standard InChI is InChI=1S/C11H12ClNO3/c1-7(11(15)16-2)13-10(14)8-5-3-4-6-9(8)12/h3-7H,1-2H3,(H,13,14). The van der Waals surface area contributed by atoms with E-state index in [0.717, 1.165) is 0 Å². The molecule has 1 aromatic carbocycles. The number of ether oxygens (including phenoxy) is 1. The van der Waals surface area contributed by atoms with Crippen LogP contribution >= 0.6 is 11.6 Å². The van der Waals surface area contributed by atoms with Crippen LogP contribution in [-0.4, -0.2) is 25.0 Å². The van der Waals surface area contributed by atoms with E-state index in [0.29, 0.717) is 10.6 Å². The number of hydrogen-bond donors (Lipinski definition) is 1. The Hall–Kier alpha value is -1.55. The fourth-order valence-electron chi connectivity index (χ4n) is 1.16. The van der Waals surface area contributed by atoms with Crippen LogP contribution < -0.4 is 5.32 Å². The molecule has 1 N–H and O–H groups in total. The third-order valence-electron chi connectivity index (χ3n) is 2.02. The van der Waals surface area contributed by atoms with E-state index in [9.17, 15) is 9.59 Å². The molecule has 0 spiro atoms. The largest absolute Gasteiger partial charge is 0.467 e. The highest BCUT2D eigenvalue weighted by molar-refractivity contribution is 6.33. The quantitative estimate of drug-likeness (QED) is 0.819. The summed E-state index contributed by atoms with van der Waals surface area (Å²) in [6, 6.07) is 5.92. The second-order valence-electron chi connectivity index (χ2n) is 3.20. The maximum absolute atomic E-state index is 11.7. The minimum atomic E-state index is -0.700. The van der Waals surface area contributed by atoms with Crippen LogP contribution in [-0.2, 0) is 9.53 Å². The normalized spacial score (nSPS) is 11.7. The lowest BCUT2D eigenvalue weighted by Gasteiger charge is -2.11. The van der Waals surface area contributed by atoms with Gasteiger partial charge in [-0.2, -0.15) is 0 Å². The van der Waals surface area contributed by atoms with Gasteiger partial charge in [-0.15, -0.1) is 0 Å². The number of methoxy groups -OCH3 is 1. The summed E-state index contributed by atoms with van der Waals surface area (Å²) in [5.74, 6) is -0.899. The van der Waals surface area contributed by atoms with E-state index in [4.69, 9.17) is 11.6 Å². The van der Waals surface area contributed by atoms with Gasteiger partial charge in [0, 0.05) is 0 Å². The van der Waals surface area contributed by atoms with Crippen molar-refractivity contribution in [3.63, 3.8) is 0 Å². The van der Waals surface area contributed by atoms with Gasteiger partial charge in [-0.25, -0.2) is 4.79 Å². The van der Waals surface area contributed by atoms with Gasteiger partial charge in [0.05, 0.1) is 17.7 Å². The first-order valence-electron chi connectivity index (χ1n) is 4.69. The minimum Gasteiger partial charge on any atom is -0.467 e. The lowest BCUT2D eigenvalue weighted by Crippen LogP contribution is -2.39. The van der Waals surface area contributed by atoms with Crippen molar-refractivity contribution in [1.29, 1.82) is 0 Å². The molecular formula is C11H12ClNO3. The second-order valence-corrected chi connectivity index (χ2v) is 3.61. The Morgan fingerprint density at radius 1 is 1.38 bits per heavy atom. The zero-order valence-corrected chi connectivity index (χ0v) is 9.75. The molecule has 0 aromatic heterocycles. The number of carbonyl (C=O) groups is 2. The first kappa shape index (κ1) is 12.5. The molecule has 5 heteroatoms. The number of benzene rings is 1. The van der Waals surface area contributed by atoms with Gasteiger partial charge in [0.25, 0.3) is 5.91 Å². The summed E-state index contributed by atoms with van der Waals surface area (Å²) < 4.78 is 4.49. The number of nitrogens with one attached hydrogen (secondary N) is 1. The molecule has 16 heavy (non-hydrogen) atoms. The van der Waals surface area contributed by atoms with Crippen LogP contribution in [0.15, 0.2) is 24.3 Å². The molecule has 1 amide bonds. The highest BCUT2D eigenvalue weighted by Crippen LogP contribution is 2.14. The molecule has 0 aliphatic heterocycles. The maximum atomic E-state index is 11.7. The van der Waals surface area contributed by atoms with E-state index >= 15 is 0 Å². The van der Waals surface area contributed by atoms with Gasteiger partial charge < -0.3 is 10.1 Å². The third kappa shape index (κ3) is 2.97. The molecule has 1 atom stereocenters. The van der Waals surface area contributed by atoms with Gasteiger partial charge in [0.15, 0.2) is 0 Å². The Morgan fingerprint density at radius 3 is 2.56 bits per heavy atom. The van der Waals surface area contributed by atoms with Crippen LogP contribution in [0.3, 0.4) is 0 Å². The summed E-state index contributed by atoms with van der Waals surface area (Å²) in [6.45, 7) is 1.54. The monoisotopic (exact) mass is 241 g/mol. The van der Waals surface area contributed by atoms with Gasteiger partial charge in [-0.05, 0) is 19.1 Å². The summed E-state index contributed by atoms with van der Waals surface area (Å²) >= 11 is 5.84. The Labute approximate surface area is 98.5 Å². The van der Waals surface area contributed by atoms with Crippen LogP contribution in [0.2, 0.25) is 5.02 Å². The van der Waals surface area contributed by atoms with Crippen LogP contribution in [0.1, 0.15) is 17.3 Å². The summed E-state index contributed by atoms with van der Waals surface area (Å²) in [6.07, 6.45) is 0. The first-order valence-corrected chi connectivity index (χ1v) is 5.07. The highest BCUT2D eigenvalue weighted by atomic mass is 35.5. The summed E-state index contributed by atoms with van der Waals surface area (Å²) in [4.78, 5) is 22.8. The number of carbonyl (C=O) groups excluding carboxylic acids is 2. The van der Waals surface area contributed by atoms with Crippen molar-refractivity contribution in [3.05, 3.63) is 34.9 Å². The Bertz CT molecular complexity index is 406. The lowest BCUT2D eigenvalue weighted by atomic mass is 10.2. The molecule has 0 saturated carbocycles. The molecule has 86 valence electrons. The zero-order chi connectivity index (χ0) is 12.1. The molecule has 0 aliphatic carbocycles. The second kappa shape index (κ2) is 5.51. The number of esters is 1. The number of rotatable bonds is 3. The first-order chi connectivity index (χ1) is 7.56. The average Bonchev–Trinajstić information content (AvgIpc) is 2.28. The van der Waals surface area contributed by atoms with E-state index in [-0.39, 0.29) is 0 Å². The predicted octanol–water partition coefficient (Wildman–Crippen LogP) is 1.63. The van der Waals surface area contributed by atoms with Gasteiger partial charge in [0.1, 0.15) is 6.04 Å². The molecule has 0 bridgehead atoms. The maximum Gasteiger partial charge on any atom is 0.328 e. The van der Waals surface area contributed by atoms with Gasteiger partial charge >= 0.3 is 5.97 Å². The SMILES string of the molecule is COC(=O)C(C)NC(=O)c1ccccc1Cl. The predicted molar refractivity (Wildman–Crippen MR) is 60.4 cm³/mol. The van der Waals surface area contributed by atoms with Crippen LogP contribution in [0.5, 0.6) is 0 Å². The Balaban J connectivity index is 2.73. The minimum absolute atomic E-state index is 0.333. The molecule has 0 radical (unpaired) electrons. The van der Waals surface area contributed by atoms with Crippen LogP contribution in [0.25, 0.3) is 0 Å². The van der Waals surface area contributed by atoms with Crippen molar-refractivity contribution >= 4 is 23.5 Å². The molecule has 4 nitrogen and oxygen atoms in total. The molecular weight excluding hydrogens is 230 g/mol. The van der Waals surface area contributed by atoms with Gasteiger partial charge in [0.2, 0.25) is 0 Å². The van der Waals surface area contributed by atoms with Crippen LogP contribution in [0.4, 0.5) is 0 Å². The van der Waals surface area contributed by atoms with Gasteiger partial charge in [-0.3, -0.25) is 4.79 Å². The molecule has 0 fully saturated rings. The van der Waals surface area contributed by atoms with Crippen molar-refractivity contribution in [2.45, 2.75) is 13.0 Å². The smallest absolute Gasteiger partial charge is 0.328 e. The van der Waals surface area contributed by atoms with Crippen molar-refractivity contribution < 1.29 is 14.3 Å². The third-order valence-corrected chi connectivity index (χ3v) is 2.35. The van der Waals surface area contributed by atoms with E-state index in [1.54, 1.807) is 31.2 Å². The van der Waals surface area contributed by atoms with Crippen molar-refractivity contribution in [2.75, 3.05) is 7.11 Å². The topological polar surface area (TPSA) is 55.4 Å². The number of hydrogen-bond acceptors (Lipinski definition) is 3. The molecule has 1 aromatic rings. The van der Waals surface area contributed by atoms with Crippen molar-refractivity contribution in [3.8, 4) is 0 Å². The number of amides is 1. The fraction of sp³-hybridized carbons (Fsp3) is 0.273. The molecule has 0 aliphatic rings. The van der Waals surface area contributed by atoms with E-state index in [1.807, 2.05) is 0 Å². The molecule has 1 rings (SSSR count).